The van der Waals surface area contributed by atoms with Crippen molar-refractivity contribution >= 4 is 75.1 Å². The summed E-state index contributed by atoms with van der Waals surface area (Å²) >= 11 is 13.9. The summed E-state index contributed by atoms with van der Waals surface area (Å²) in [6, 6.07) is 12.1. The summed E-state index contributed by atoms with van der Waals surface area (Å²) in [4.78, 5) is 0. The van der Waals surface area contributed by atoms with Gasteiger partial charge in [0, 0.05) is 23.6 Å². The van der Waals surface area contributed by atoms with Gasteiger partial charge in [-0.05, 0) is 78.1 Å². The molecule has 0 aromatic heterocycles. The number of benzene rings is 2. The van der Waals surface area contributed by atoms with Crippen LogP contribution in [0.5, 0.6) is 0 Å². The SMILES string of the molecule is Brc1cccc(Nc2cc(Br)c(Br)cc2Br)c1. The maximum Gasteiger partial charge on any atom is 0.0540 e. The quantitative estimate of drug-likeness (QED) is 0.481. The van der Waals surface area contributed by atoms with Gasteiger partial charge in [-0.1, -0.05) is 22.0 Å². The zero-order chi connectivity index (χ0) is 12.4. The van der Waals surface area contributed by atoms with Crippen molar-refractivity contribution in [2.75, 3.05) is 5.32 Å². The molecule has 0 atom stereocenters. The molecule has 0 spiro atoms. The van der Waals surface area contributed by atoms with Crippen LogP contribution < -0.4 is 5.32 Å². The fraction of sp³-hybridized carbons (Fsp3) is 0. The Labute approximate surface area is 134 Å². The maximum absolute atomic E-state index is 3.53. The Kier molecular flexibility index (Phi) is 4.69. The van der Waals surface area contributed by atoms with E-state index in [1.54, 1.807) is 0 Å². The van der Waals surface area contributed by atoms with Crippen molar-refractivity contribution in [1.29, 1.82) is 0 Å². The first-order valence-electron chi connectivity index (χ1n) is 4.73. The van der Waals surface area contributed by atoms with E-state index in [2.05, 4.69) is 69.0 Å². The number of nitrogens with one attached hydrogen (secondary N) is 1. The van der Waals surface area contributed by atoms with Crippen LogP contribution in [0.4, 0.5) is 11.4 Å². The van der Waals surface area contributed by atoms with Gasteiger partial charge < -0.3 is 5.32 Å². The highest BCUT2D eigenvalue weighted by molar-refractivity contribution is 9.13. The predicted octanol–water partition coefficient (Wildman–Crippen LogP) is 6.48. The van der Waals surface area contributed by atoms with E-state index in [0.29, 0.717) is 0 Å². The summed E-state index contributed by atoms with van der Waals surface area (Å²) in [5, 5.41) is 3.35. The van der Waals surface area contributed by atoms with E-state index >= 15 is 0 Å². The van der Waals surface area contributed by atoms with Crippen molar-refractivity contribution in [1.82, 2.24) is 0 Å². The van der Waals surface area contributed by atoms with Crippen LogP contribution in [0.25, 0.3) is 0 Å². The van der Waals surface area contributed by atoms with Gasteiger partial charge in [0.25, 0.3) is 0 Å². The number of anilines is 2. The van der Waals surface area contributed by atoms with E-state index in [1.807, 2.05) is 36.4 Å². The van der Waals surface area contributed by atoms with Crippen LogP contribution >= 0.6 is 63.7 Å². The fourth-order valence-electron chi connectivity index (χ4n) is 1.34. The van der Waals surface area contributed by atoms with Crippen LogP contribution in [0.3, 0.4) is 0 Å². The van der Waals surface area contributed by atoms with E-state index in [4.69, 9.17) is 0 Å². The third kappa shape index (κ3) is 3.56. The Morgan fingerprint density at radius 1 is 0.765 bits per heavy atom. The van der Waals surface area contributed by atoms with E-state index in [9.17, 15) is 0 Å². The Bertz CT molecular complexity index is 554. The molecule has 88 valence electrons. The summed E-state index contributed by atoms with van der Waals surface area (Å²) in [5.74, 6) is 0. The van der Waals surface area contributed by atoms with E-state index in [1.165, 1.54) is 0 Å². The molecule has 0 bridgehead atoms. The summed E-state index contributed by atoms with van der Waals surface area (Å²) in [6.07, 6.45) is 0. The van der Waals surface area contributed by atoms with Crippen molar-refractivity contribution in [3.05, 3.63) is 54.3 Å². The summed E-state index contributed by atoms with van der Waals surface area (Å²) in [5.41, 5.74) is 2.05. The Hall–Kier alpha value is 0.160. The monoisotopic (exact) mass is 481 g/mol. The minimum absolute atomic E-state index is 1.01. The molecule has 17 heavy (non-hydrogen) atoms. The summed E-state index contributed by atoms with van der Waals surface area (Å²) in [6.45, 7) is 0. The predicted molar refractivity (Wildman–Crippen MR) is 87.0 cm³/mol. The Morgan fingerprint density at radius 3 is 2.18 bits per heavy atom. The van der Waals surface area contributed by atoms with Crippen molar-refractivity contribution in [2.45, 2.75) is 0 Å². The number of hydrogen-bond donors (Lipinski definition) is 1. The molecule has 0 fully saturated rings. The van der Waals surface area contributed by atoms with Crippen LogP contribution in [0, 0.1) is 0 Å². The average Bonchev–Trinajstić information content (AvgIpc) is 2.26. The first-order chi connectivity index (χ1) is 8.06. The van der Waals surface area contributed by atoms with Gasteiger partial charge in [-0.15, -0.1) is 0 Å². The van der Waals surface area contributed by atoms with Crippen LogP contribution in [0.15, 0.2) is 54.3 Å². The third-order valence-corrected chi connectivity index (χ3v) is 5.11. The molecule has 0 aliphatic rings. The number of hydrogen-bond acceptors (Lipinski definition) is 1. The maximum atomic E-state index is 3.53. The van der Waals surface area contributed by atoms with Crippen molar-refractivity contribution < 1.29 is 0 Å². The highest BCUT2D eigenvalue weighted by Crippen LogP contribution is 2.34. The van der Waals surface area contributed by atoms with Crippen molar-refractivity contribution in [3.63, 3.8) is 0 Å². The lowest BCUT2D eigenvalue weighted by Gasteiger charge is -2.10. The second-order valence-electron chi connectivity index (χ2n) is 3.38. The second kappa shape index (κ2) is 5.87. The molecule has 0 saturated heterocycles. The zero-order valence-corrected chi connectivity index (χ0v) is 14.8. The molecule has 0 unspecified atom stereocenters. The summed E-state index contributed by atoms with van der Waals surface area (Å²) in [7, 11) is 0. The van der Waals surface area contributed by atoms with Gasteiger partial charge in [0.15, 0.2) is 0 Å². The molecule has 2 aromatic rings. The zero-order valence-electron chi connectivity index (χ0n) is 8.48. The van der Waals surface area contributed by atoms with Crippen LogP contribution in [-0.4, -0.2) is 0 Å². The van der Waals surface area contributed by atoms with Gasteiger partial charge in [-0.2, -0.15) is 0 Å². The van der Waals surface area contributed by atoms with E-state index in [0.717, 1.165) is 29.3 Å². The molecule has 5 heteroatoms. The van der Waals surface area contributed by atoms with Crippen molar-refractivity contribution in [2.24, 2.45) is 0 Å². The highest BCUT2D eigenvalue weighted by atomic mass is 79.9. The lowest BCUT2D eigenvalue weighted by molar-refractivity contribution is 1.48. The first-order valence-corrected chi connectivity index (χ1v) is 7.90. The van der Waals surface area contributed by atoms with Gasteiger partial charge >= 0.3 is 0 Å². The fourth-order valence-corrected chi connectivity index (χ4v) is 3.18. The second-order valence-corrected chi connectivity index (χ2v) is 6.86. The third-order valence-electron chi connectivity index (χ3n) is 2.11. The van der Waals surface area contributed by atoms with Crippen LogP contribution in [-0.2, 0) is 0 Å². The van der Waals surface area contributed by atoms with Gasteiger partial charge in [0.05, 0.1) is 5.69 Å². The van der Waals surface area contributed by atoms with E-state index in [-0.39, 0.29) is 0 Å². The molecule has 0 aliphatic heterocycles. The molecule has 1 nitrogen and oxygen atoms in total. The smallest absolute Gasteiger partial charge is 0.0540 e. The molecular formula is C12H7Br4N. The molecule has 2 rings (SSSR count). The lowest BCUT2D eigenvalue weighted by atomic mass is 10.3. The highest BCUT2D eigenvalue weighted by Gasteiger charge is 2.05. The largest absolute Gasteiger partial charge is 0.355 e. The molecule has 0 saturated carbocycles. The Morgan fingerprint density at radius 2 is 1.47 bits per heavy atom. The minimum atomic E-state index is 1.01. The minimum Gasteiger partial charge on any atom is -0.355 e. The molecule has 0 radical (unpaired) electrons. The summed E-state index contributed by atoms with van der Waals surface area (Å²) < 4.78 is 4.09. The standard InChI is InChI=1S/C12H7Br4N/c13-7-2-1-3-8(4-7)17-12-6-10(15)9(14)5-11(12)16/h1-6,17H. The Balaban J connectivity index is 2.33. The number of rotatable bonds is 2. The first kappa shape index (κ1) is 13.6. The molecule has 1 N–H and O–H groups in total. The normalized spacial score (nSPS) is 10.4. The molecule has 2 aromatic carbocycles. The molecule has 0 amide bonds. The van der Waals surface area contributed by atoms with Gasteiger partial charge in [-0.3, -0.25) is 0 Å². The van der Waals surface area contributed by atoms with Gasteiger partial charge in [0.1, 0.15) is 0 Å². The van der Waals surface area contributed by atoms with Crippen LogP contribution in [0.1, 0.15) is 0 Å². The topological polar surface area (TPSA) is 12.0 Å². The van der Waals surface area contributed by atoms with Crippen LogP contribution in [0.2, 0.25) is 0 Å². The molecule has 0 heterocycles. The van der Waals surface area contributed by atoms with Gasteiger partial charge in [0.2, 0.25) is 0 Å². The van der Waals surface area contributed by atoms with Crippen molar-refractivity contribution in [3.8, 4) is 0 Å². The van der Waals surface area contributed by atoms with Gasteiger partial charge in [-0.25, -0.2) is 0 Å². The number of halogens is 4. The lowest BCUT2D eigenvalue weighted by Crippen LogP contribution is -1.91. The van der Waals surface area contributed by atoms with E-state index < -0.39 is 0 Å². The molecular weight excluding hydrogens is 478 g/mol. The molecule has 0 aliphatic carbocycles. The average molecular weight is 485 g/mol.